The Morgan fingerprint density at radius 3 is 2.04 bits per heavy atom. The maximum atomic E-state index is 11.5. The molecule has 0 radical (unpaired) electrons. The third-order valence-electron chi connectivity index (χ3n) is 4.24. The van der Waals surface area contributed by atoms with Crippen LogP contribution in [0.25, 0.3) is 0 Å². The zero-order valence-corrected chi connectivity index (χ0v) is 15.5. The van der Waals surface area contributed by atoms with E-state index in [-0.39, 0.29) is 12.0 Å². The van der Waals surface area contributed by atoms with E-state index in [1.807, 2.05) is 60.7 Å². The van der Waals surface area contributed by atoms with Crippen LogP contribution in [0.15, 0.2) is 60.7 Å². The van der Waals surface area contributed by atoms with Gasteiger partial charge in [-0.15, -0.1) is 0 Å². The highest BCUT2D eigenvalue weighted by Gasteiger charge is 2.24. The van der Waals surface area contributed by atoms with E-state index in [1.165, 1.54) is 0 Å². The number of hydrogen-bond donors (Lipinski definition) is 0. The van der Waals surface area contributed by atoms with Crippen molar-refractivity contribution in [2.75, 3.05) is 13.7 Å². The first-order valence-electron chi connectivity index (χ1n) is 8.98. The lowest BCUT2D eigenvalue weighted by molar-refractivity contribution is -0.131. The minimum Gasteiger partial charge on any atom is -0.378 e. The molecule has 2 aromatic carbocycles. The smallest absolute Gasteiger partial charge is 0.151 e. The zero-order chi connectivity index (χ0) is 18.6. The Kier molecular flexibility index (Phi) is 9.04. The number of aldehydes is 1. The van der Waals surface area contributed by atoms with Crippen LogP contribution < -0.4 is 0 Å². The standard InChI is InChI=1S/C22H28O4/c1-18(15-25-16-19-9-5-3-6-10-19)13-21(24-2)22(14-23)26-17-20-11-7-4-8-12-20/h3-12,14,18,21-22H,13,15-17H2,1-2H3/t18-,21+,22-/m1/s1. The predicted molar refractivity (Wildman–Crippen MR) is 102 cm³/mol. The van der Waals surface area contributed by atoms with E-state index < -0.39 is 6.10 Å². The Bertz CT molecular complexity index is 615. The molecule has 2 rings (SSSR count). The Hall–Kier alpha value is -2.01. The van der Waals surface area contributed by atoms with Gasteiger partial charge in [-0.05, 0) is 23.5 Å². The number of carbonyl (C=O) groups is 1. The average molecular weight is 356 g/mol. The van der Waals surface area contributed by atoms with Crippen LogP contribution in [0.1, 0.15) is 24.5 Å². The highest BCUT2D eigenvalue weighted by Crippen LogP contribution is 2.16. The van der Waals surface area contributed by atoms with Crippen LogP contribution >= 0.6 is 0 Å². The summed E-state index contributed by atoms with van der Waals surface area (Å²) in [6.45, 7) is 3.68. The van der Waals surface area contributed by atoms with E-state index in [0.29, 0.717) is 26.2 Å². The van der Waals surface area contributed by atoms with Crippen molar-refractivity contribution in [1.29, 1.82) is 0 Å². The first-order valence-corrected chi connectivity index (χ1v) is 8.98. The molecule has 0 heterocycles. The van der Waals surface area contributed by atoms with Gasteiger partial charge in [-0.1, -0.05) is 67.6 Å². The highest BCUT2D eigenvalue weighted by atomic mass is 16.5. The lowest BCUT2D eigenvalue weighted by atomic mass is 10.0. The second-order valence-corrected chi connectivity index (χ2v) is 6.51. The number of ether oxygens (including phenoxy) is 3. The molecule has 0 amide bonds. The van der Waals surface area contributed by atoms with E-state index in [4.69, 9.17) is 14.2 Å². The van der Waals surface area contributed by atoms with Crippen molar-refractivity contribution >= 4 is 6.29 Å². The Morgan fingerprint density at radius 2 is 1.50 bits per heavy atom. The van der Waals surface area contributed by atoms with Gasteiger partial charge in [0, 0.05) is 13.7 Å². The van der Waals surface area contributed by atoms with Gasteiger partial charge in [0.25, 0.3) is 0 Å². The van der Waals surface area contributed by atoms with Crippen LogP contribution in [-0.4, -0.2) is 32.2 Å². The normalized spacial score (nSPS) is 14.5. The molecule has 0 unspecified atom stereocenters. The van der Waals surface area contributed by atoms with Gasteiger partial charge in [0.15, 0.2) is 6.29 Å². The van der Waals surface area contributed by atoms with Crippen molar-refractivity contribution in [2.45, 2.75) is 38.8 Å². The molecule has 0 fully saturated rings. The van der Waals surface area contributed by atoms with Crippen LogP contribution in [-0.2, 0) is 32.2 Å². The number of rotatable bonds is 12. The molecule has 0 aliphatic rings. The van der Waals surface area contributed by atoms with Gasteiger partial charge in [-0.25, -0.2) is 0 Å². The van der Waals surface area contributed by atoms with Gasteiger partial charge < -0.3 is 19.0 Å². The van der Waals surface area contributed by atoms with Crippen LogP contribution in [0.4, 0.5) is 0 Å². The summed E-state index contributed by atoms with van der Waals surface area (Å²) in [4.78, 5) is 11.5. The lowest BCUT2D eigenvalue weighted by Crippen LogP contribution is -2.34. The summed E-state index contributed by atoms with van der Waals surface area (Å²) in [6.07, 6.45) is 0.654. The van der Waals surface area contributed by atoms with E-state index in [2.05, 4.69) is 6.92 Å². The number of benzene rings is 2. The Morgan fingerprint density at radius 1 is 0.923 bits per heavy atom. The third kappa shape index (κ3) is 7.08. The highest BCUT2D eigenvalue weighted by molar-refractivity contribution is 5.57. The molecule has 140 valence electrons. The number of carbonyl (C=O) groups excluding carboxylic acids is 1. The fraction of sp³-hybridized carbons (Fsp3) is 0.409. The largest absolute Gasteiger partial charge is 0.378 e. The molecule has 2 aromatic rings. The van der Waals surface area contributed by atoms with Gasteiger partial charge in [-0.3, -0.25) is 0 Å². The molecule has 0 aromatic heterocycles. The molecule has 0 aliphatic carbocycles. The SMILES string of the molecule is CO[C@@H](C[C@@H](C)COCc1ccccc1)[C@@H](C=O)OCc1ccccc1. The maximum absolute atomic E-state index is 11.5. The minimum atomic E-state index is -0.586. The fourth-order valence-electron chi connectivity index (χ4n) is 2.78. The summed E-state index contributed by atoms with van der Waals surface area (Å²) in [5, 5.41) is 0. The monoisotopic (exact) mass is 356 g/mol. The maximum Gasteiger partial charge on any atom is 0.151 e. The summed E-state index contributed by atoms with van der Waals surface area (Å²) >= 11 is 0. The summed E-state index contributed by atoms with van der Waals surface area (Å²) < 4.78 is 17.1. The topological polar surface area (TPSA) is 44.8 Å². The fourth-order valence-corrected chi connectivity index (χ4v) is 2.78. The van der Waals surface area contributed by atoms with E-state index >= 15 is 0 Å². The predicted octanol–water partition coefficient (Wildman–Crippen LogP) is 4.03. The van der Waals surface area contributed by atoms with Gasteiger partial charge >= 0.3 is 0 Å². The molecule has 0 spiro atoms. The number of methoxy groups -OCH3 is 1. The third-order valence-corrected chi connectivity index (χ3v) is 4.24. The molecular weight excluding hydrogens is 328 g/mol. The van der Waals surface area contributed by atoms with Crippen LogP contribution in [0.5, 0.6) is 0 Å². The van der Waals surface area contributed by atoms with Crippen molar-refractivity contribution in [2.24, 2.45) is 5.92 Å². The number of hydrogen-bond acceptors (Lipinski definition) is 4. The molecule has 0 saturated carbocycles. The summed E-state index contributed by atoms with van der Waals surface area (Å²) in [5.74, 6) is 0.256. The first-order chi connectivity index (χ1) is 12.7. The molecule has 0 bridgehead atoms. The lowest BCUT2D eigenvalue weighted by Gasteiger charge is -2.25. The quantitative estimate of drug-likeness (QED) is 0.539. The van der Waals surface area contributed by atoms with Crippen molar-refractivity contribution in [3.8, 4) is 0 Å². The van der Waals surface area contributed by atoms with Crippen molar-refractivity contribution in [3.63, 3.8) is 0 Å². The zero-order valence-electron chi connectivity index (χ0n) is 15.5. The minimum absolute atomic E-state index is 0.256. The molecular formula is C22H28O4. The van der Waals surface area contributed by atoms with E-state index in [9.17, 15) is 4.79 Å². The van der Waals surface area contributed by atoms with E-state index in [0.717, 1.165) is 17.4 Å². The first kappa shape index (κ1) is 20.3. The second kappa shape index (κ2) is 11.6. The Labute approximate surface area is 156 Å². The molecule has 0 saturated heterocycles. The van der Waals surface area contributed by atoms with Crippen LogP contribution in [0, 0.1) is 5.92 Å². The average Bonchev–Trinajstić information content (AvgIpc) is 2.69. The molecule has 26 heavy (non-hydrogen) atoms. The van der Waals surface area contributed by atoms with Gasteiger partial charge in [0.1, 0.15) is 6.10 Å². The van der Waals surface area contributed by atoms with Crippen LogP contribution in [0.2, 0.25) is 0 Å². The van der Waals surface area contributed by atoms with Crippen LogP contribution in [0.3, 0.4) is 0 Å². The Balaban J connectivity index is 1.76. The van der Waals surface area contributed by atoms with E-state index in [1.54, 1.807) is 7.11 Å². The molecule has 0 N–H and O–H groups in total. The van der Waals surface area contributed by atoms with Crippen molar-refractivity contribution < 1.29 is 19.0 Å². The molecule has 4 heteroatoms. The second-order valence-electron chi connectivity index (χ2n) is 6.51. The van der Waals surface area contributed by atoms with Gasteiger partial charge in [0.05, 0.1) is 19.3 Å². The van der Waals surface area contributed by atoms with Crippen molar-refractivity contribution in [3.05, 3.63) is 71.8 Å². The van der Waals surface area contributed by atoms with Gasteiger partial charge in [-0.2, -0.15) is 0 Å². The molecule has 0 aliphatic heterocycles. The van der Waals surface area contributed by atoms with Gasteiger partial charge in [0.2, 0.25) is 0 Å². The molecule has 3 atom stereocenters. The summed E-state index contributed by atoms with van der Waals surface area (Å²) in [6, 6.07) is 19.9. The molecule has 4 nitrogen and oxygen atoms in total. The summed E-state index contributed by atoms with van der Waals surface area (Å²) in [5.41, 5.74) is 2.19. The summed E-state index contributed by atoms with van der Waals surface area (Å²) in [7, 11) is 1.62. The van der Waals surface area contributed by atoms with Crippen molar-refractivity contribution in [1.82, 2.24) is 0 Å².